The number of rotatable bonds is 3. The first-order valence-electron chi connectivity index (χ1n) is 5.25. The summed E-state index contributed by atoms with van der Waals surface area (Å²) in [5.74, 6) is 0.223. The van der Waals surface area contributed by atoms with E-state index in [2.05, 4.69) is 10.2 Å². The molecule has 0 bridgehead atoms. The average Bonchev–Trinajstić information content (AvgIpc) is 2.36. The van der Waals surface area contributed by atoms with Gasteiger partial charge in [0.05, 0.1) is 12.4 Å². The molecule has 0 fully saturated rings. The molecule has 0 aromatic heterocycles. The summed E-state index contributed by atoms with van der Waals surface area (Å²) in [4.78, 5) is 0. The number of nitrogens with zero attached hydrogens (tertiary/aromatic N) is 2. The van der Waals surface area contributed by atoms with Crippen molar-refractivity contribution in [3.8, 4) is 5.75 Å². The van der Waals surface area contributed by atoms with Gasteiger partial charge in [-0.25, -0.2) is 0 Å². The minimum atomic E-state index is 0.223. The molecule has 0 aliphatic rings. The van der Waals surface area contributed by atoms with Crippen LogP contribution in [0.4, 0.5) is 0 Å². The summed E-state index contributed by atoms with van der Waals surface area (Å²) in [6, 6.07) is 16.6. The first kappa shape index (κ1) is 11.1. The molecule has 0 heterocycles. The number of phenols is 1. The van der Waals surface area contributed by atoms with Crippen LogP contribution in [0.15, 0.2) is 64.8 Å². The quantitative estimate of drug-likeness (QED) is 0.632. The maximum absolute atomic E-state index is 9.25. The van der Waals surface area contributed by atoms with Crippen molar-refractivity contribution in [1.29, 1.82) is 0 Å². The Kier molecular flexibility index (Phi) is 3.65. The van der Waals surface area contributed by atoms with E-state index in [1.54, 1.807) is 30.6 Å². The van der Waals surface area contributed by atoms with Gasteiger partial charge < -0.3 is 5.11 Å². The number of hydrogen-bond donors (Lipinski definition) is 1. The second-order valence-electron chi connectivity index (χ2n) is 3.49. The van der Waals surface area contributed by atoms with Crippen LogP contribution in [0.1, 0.15) is 11.1 Å². The molecule has 2 aromatic carbocycles. The molecule has 3 heteroatoms. The van der Waals surface area contributed by atoms with Crippen molar-refractivity contribution in [1.82, 2.24) is 0 Å². The first-order valence-corrected chi connectivity index (χ1v) is 5.25. The average molecular weight is 224 g/mol. The lowest BCUT2D eigenvalue weighted by molar-refractivity contribution is 0.475. The van der Waals surface area contributed by atoms with Crippen LogP contribution in [0.25, 0.3) is 0 Å². The van der Waals surface area contributed by atoms with Crippen LogP contribution < -0.4 is 0 Å². The molecule has 0 aliphatic heterocycles. The summed E-state index contributed by atoms with van der Waals surface area (Å²) in [6.07, 6.45) is 3.28. The second kappa shape index (κ2) is 5.61. The van der Waals surface area contributed by atoms with Crippen LogP contribution in [0.3, 0.4) is 0 Å². The number of phenolic OH excluding ortho intramolecular Hbond substituents is 1. The third-order valence-electron chi connectivity index (χ3n) is 2.15. The molecule has 0 unspecified atom stereocenters. The SMILES string of the molecule is Oc1cccc(/C=N/N=C/c2ccccc2)c1. The second-order valence-corrected chi connectivity index (χ2v) is 3.49. The van der Waals surface area contributed by atoms with Crippen molar-refractivity contribution in [2.24, 2.45) is 10.2 Å². The van der Waals surface area contributed by atoms with E-state index >= 15 is 0 Å². The predicted molar refractivity (Wildman–Crippen MR) is 69.7 cm³/mol. The molecule has 0 radical (unpaired) electrons. The van der Waals surface area contributed by atoms with Crippen molar-refractivity contribution in [3.05, 3.63) is 65.7 Å². The van der Waals surface area contributed by atoms with Crippen LogP contribution in [0, 0.1) is 0 Å². The molecule has 1 N–H and O–H groups in total. The van der Waals surface area contributed by atoms with Gasteiger partial charge in [0, 0.05) is 0 Å². The highest BCUT2D eigenvalue weighted by Gasteiger charge is 1.88. The van der Waals surface area contributed by atoms with Gasteiger partial charge in [0.2, 0.25) is 0 Å². The minimum Gasteiger partial charge on any atom is -0.508 e. The molecule has 2 aromatic rings. The van der Waals surface area contributed by atoms with Crippen LogP contribution in [0.2, 0.25) is 0 Å². The van der Waals surface area contributed by atoms with Crippen molar-refractivity contribution in [3.63, 3.8) is 0 Å². The van der Waals surface area contributed by atoms with Gasteiger partial charge in [0.1, 0.15) is 5.75 Å². The maximum Gasteiger partial charge on any atom is 0.116 e. The third-order valence-corrected chi connectivity index (χ3v) is 2.15. The highest BCUT2D eigenvalue weighted by molar-refractivity contribution is 5.82. The molecule has 0 amide bonds. The van der Waals surface area contributed by atoms with E-state index in [1.807, 2.05) is 36.4 Å². The van der Waals surface area contributed by atoms with E-state index in [0.29, 0.717) is 0 Å². The molecule has 0 saturated carbocycles. The van der Waals surface area contributed by atoms with E-state index in [1.165, 1.54) is 0 Å². The van der Waals surface area contributed by atoms with Crippen molar-refractivity contribution in [2.75, 3.05) is 0 Å². The van der Waals surface area contributed by atoms with E-state index in [-0.39, 0.29) is 5.75 Å². The van der Waals surface area contributed by atoms with Gasteiger partial charge in [-0.15, -0.1) is 0 Å². The topological polar surface area (TPSA) is 45.0 Å². The molecule has 17 heavy (non-hydrogen) atoms. The predicted octanol–water partition coefficient (Wildman–Crippen LogP) is 2.85. The van der Waals surface area contributed by atoms with Crippen LogP contribution >= 0.6 is 0 Å². The largest absolute Gasteiger partial charge is 0.508 e. The summed E-state index contributed by atoms with van der Waals surface area (Å²) in [6.45, 7) is 0. The first-order chi connectivity index (χ1) is 8.34. The van der Waals surface area contributed by atoms with Crippen molar-refractivity contribution < 1.29 is 5.11 Å². The van der Waals surface area contributed by atoms with Gasteiger partial charge in [0.25, 0.3) is 0 Å². The maximum atomic E-state index is 9.25. The molecule has 0 aliphatic carbocycles. The van der Waals surface area contributed by atoms with E-state index < -0.39 is 0 Å². The van der Waals surface area contributed by atoms with Gasteiger partial charge >= 0.3 is 0 Å². The monoisotopic (exact) mass is 224 g/mol. The molecule has 0 atom stereocenters. The molecule has 84 valence electrons. The minimum absolute atomic E-state index is 0.223. The Morgan fingerprint density at radius 1 is 0.765 bits per heavy atom. The van der Waals surface area contributed by atoms with Crippen LogP contribution in [-0.4, -0.2) is 17.5 Å². The Balaban J connectivity index is 2.01. The van der Waals surface area contributed by atoms with Crippen LogP contribution in [0.5, 0.6) is 5.75 Å². The van der Waals surface area contributed by atoms with Gasteiger partial charge in [-0.2, -0.15) is 10.2 Å². The molecular formula is C14H12N2O. The smallest absolute Gasteiger partial charge is 0.116 e. The summed E-state index contributed by atoms with van der Waals surface area (Å²) in [5, 5.41) is 17.1. The zero-order valence-electron chi connectivity index (χ0n) is 9.19. The third kappa shape index (κ3) is 3.57. The fourth-order valence-corrected chi connectivity index (χ4v) is 1.34. The summed E-state index contributed by atoms with van der Waals surface area (Å²) < 4.78 is 0. The Hall–Kier alpha value is -2.42. The summed E-state index contributed by atoms with van der Waals surface area (Å²) >= 11 is 0. The van der Waals surface area contributed by atoms with Gasteiger partial charge in [-0.3, -0.25) is 0 Å². The molecule has 3 nitrogen and oxygen atoms in total. The fraction of sp³-hybridized carbons (Fsp3) is 0. The Bertz CT molecular complexity index is 533. The lowest BCUT2D eigenvalue weighted by Crippen LogP contribution is -1.80. The normalized spacial score (nSPS) is 11.3. The highest BCUT2D eigenvalue weighted by atomic mass is 16.3. The van der Waals surface area contributed by atoms with Gasteiger partial charge in [-0.1, -0.05) is 42.5 Å². The molecular weight excluding hydrogens is 212 g/mol. The van der Waals surface area contributed by atoms with E-state index in [4.69, 9.17) is 0 Å². The Morgan fingerprint density at radius 3 is 2.12 bits per heavy atom. The highest BCUT2D eigenvalue weighted by Crippen LogP contribution is 2.08. The molecule has 2 rings (SSSR count). The fourth-order valence-electron chi connectivity index (χ4n) is 1.34. The van der Waals surface area contributed by atoms with Gasteiger partial charge in [-0.05, 0) is 23.3 Å². The standard InChI is InChI=1S/C14H12N2O/c17-14-8-4-7-13(9-14)11-16-15-10-12-5-2-1-3-6-12/h1-11,17H/b15-10+,16-11+. The lowest BCUT2D eigenvalue weighted by atomic mass is 10.2. The number of hydrogen-bond acceptors (Lipinski definition) is 3. The van der Waals surface area contributed by atoms with Crippen molar-refractivity contribution >= 4 is 12.4 Å². The summed E-state index contributed by atoms with van der Waals surface area (Å²) in [7, 11) is 0. The van der Waals surface area contributed by atoms with Crippen molar-refractivity contribution in [2.45, 2.75) is 0 Å². The zero-order valence-corrected chi connectivity index (χ0v) is 9.19. The molecule has 0 spiro atoms. The lowest BCUT2D eigenvalue weighted by Gasteiger charge is -1.92. The summed E-state index contributed by atoms with van der Waals surface area (Å²) in [5.41, 5.74) is 1.82. The van der Waals surface area contributed by atoms with Gasteiger partial charge in [0.15, 0.2) is 0 Å². The Labute approximate surface area is 99.8 Å². The number of benzene rings is 2. The Morgan fingerprint density at radius 2 is 1.41 bits per heavy atom. The zero-order chi connectivity index (χ0) is 11.9. The van der Waals surface area contributed by atoms with E-state index in [0.717, 1.165) is 11.1 Å². The van der Waals surface area contributed by atoms with E-state index in [9.17, 15) is 5.11 Å². The molecule has 0 saturated heterocycles. The van der Waals surface area contributed by atoms with Crippen LogP contribution in [-0.2, 0) is 0 Å². The number of aromatic hydroxyl groups is 1.